The van der Waals surface area contributed by atoms with Crippen LogP contribution in [0.15, 0.2) is 72.9 Å². The van der Waals surface area contributed by atoms with Gasteiger partial charge in [-0.1, -0.05) is 31.2 Å². The van der Waals surface area contributed by atoms with E-state index >= 15 is 0 Å². The summed E-state index contributed by atoms with van der Waals surface area (Å²) in [5, 5.41) is 6.94. The number of para-hydroxylation sites is 1. The molecule has 1 aliphatic rings. The fourth-order valence-corrected chi connectivity index (χ4v) is 6.05. The van der Waals surface area contributed by atoms with Gasteiger partial charge in [-0.25, -0.2) is 4.39 Å². The van der Waals surface area contributed by atoms with Crippen LogP contribution in [0.5, 0.6) is 0 Å². The molecule has 2 atom stereocenters. The number of thiocarbonyl (C=S) groups is 1. The molecule has 2 aromatic carbocycles. The van der Waals surface area contributed by atoms with Crippen LogP contribution in [-0.4, -0.2) is 32.0 Å². The van der Waals surface area contributed by atoms with Crippen molar-refractivity contribution in [1.29, 1.82) is 0 Å². The van der Waals surface area contributed by atoms with Crippen molar-refractivity contribution >= 4 is 28.9 Å². The number of aryl methyl sites for hydroxylation is 3. The standard InChI is InChI=1S/C32H34FN5OS/c1-5-23-10-8-9-20(2)30(23)38-21(3)19-26(22(38)4)31-29(27-11-6-7-17-34-27)36-32(40)37(31)18-16-28(39)35-25-14-12-24(33)13-15-25/h6-15,17,19,29,31H,5,16,18H2,1-4H3,(H,35,39)(H,36,40). The fourth-order valence-electron chi connectivity index (χ4n) is 5.72. The average molecular weight is 556 g/mol. The summed E-state index contributed by atoms with van der Waals surface area (Å²) in [4.78, 5) is 19.6. The second-order valence-electron chi connectivity index (χ2n) is 10.2. The van der Waals surface area contributed by atoms with Gasteiger partial charge in [0.1, 0.15) is 5.82 Å². The van der Waals surface area contributed by atoms with Gasteiger partial charge in [0.15, 0.2) is 5.11 Å². The Hall–Kier alpha value is -4.04. The summed E-state index contributed by atoms with van der Waals surface area (Å²) in [5.41, 5.74) is 8.62. The molecule has 3 heterocycles. The summed E-state index contributed by atoms with van der Waals surface area (Å²) in [5.74, 6) is -0.503. The van der Waals surface area contributed by atoms with Crippen LogP contribution in [0.4, 0.5) is 10.1 Å². The van der Waals surface area contributed by atoms with E-state index in [2.05, 4.69) is 77.0 Å². The van der Waals surface area contributed by atoms with E-state index in [0.717, 1.165) is 29.1 Å². The maximum absolute atomic E-state index is 13.3. The highest BCUT2D eigenvalue weighted by molar-refractivity contribution is 7.80. The molecule has 0 saturated carbocycles. The van der Waals surface area contributed by atoms with Crippen molar-refractivity contribution in [2.24, 2.45) is 0 Å². The number of aromatic nitrogens is 2. The Morgan fingerprint density at radius 2 is 1.85 bits per heavy atom. The van der Waals surface area contributed by atoms with Crippen LogP contribution < -0.4 is 10.6 Å². The first-order valence-corrected chi connectivity index (χ1v) is 14.0. The normalized spacial score (nSPS) is 16.7. The number of nitrogens with one attached hydrogen (secondary N) is 2. The van der Waals surface area contributed by atoms with E-state index in [1.807, 2.05) is 18.2 Å². The molecule has 0 spiro atoms. The summed E-state index contributed by atoms with van der Waals surface area (Å²) < 4.78 is 15.6. The van der Waals surface area contributed by atoms with Crippen LogP contribution in [0.2, 0.25) is 0 Å². The van der Waals surface area contributed by atoms with Gasteiger partial charge in [-0.2, -0.15) is 0 Å². The zero-order chi connectivity index (χ0) is 28.4. The summed E-state index contributed by atoms with van der Waals surface area (Å²) in [6.45, 7) is 9.05. The smallest absolute Gasteiger partial charge is 0.226 e. The molecule has 2 unspecified atom stereocenters. The molecule has 2 aromatic heterocycles. The van der Waals surface area contributed by atoms with Crippen molar-refractivity contribution in [1.82, 2.24) is 19.8 Å². The van der Waals surface area contributed by atoms with Crippen LogP contribution in [0.25, 0.3) is 5.69 Å². The molecule has 2 N–H and O–H groups in total. The van der Waals surface area contributed by atoms with Crippen LogP contribution in [-0.2, 0) is 11.2 Å². The van der Waals surface area contributed by atoms with Gasteiger partial charge in [0.2, 0.25) is 5.91 Å². The lowest BCUT2D eigenvalue weighted by molar-refractivity contribution is -0.116. The van der Waals surface area contributed by atoms with E-state index in [9.17, 15) is 9.18 Å². The minimum absolute atomic E-state index is 0.157. The number of nitrogens with zero attached hydrogens (tertiary/aromatic N) is 3. The van der Waals surface area contributed by atoms with Crippen molar-refractivity contribution in [3.63, 3.8) is 0 Å². The SMILES string of the molecule is CCc1cccc(C)c1-n1c(C)cc(C2C(c3ccccn3)NC(=S)N2CCC(=O)Nc2ccc(F)cc2)c1C. The van der Waals surface area contributed by atoms with Crippen LogP contribution in [0.3, 0.4) is 0 Å². The first-order chi connectivity index (χ1) is 19.3. The highest BCUT2D eigenvalue weighted by Gasteiger charge is 2.41. The Bertz CT molecular complexity index is 1530. The second kappa shape index (κ2) is 11.6. The summed E-state index contributed by atoms with van der Waals surface area (Å²) in [7, 11) is 0. The molecule has 1 saturated heterocycles. The molecule has 8 heteroatoms. The monoisotopic (exact) mass is 555 g/mol. The average Bonchev–Trinajstić information content (AvgIpc) is 3.43. The van der Waals surface area contributed by atoms with Crippen molar-refractivity contribution in [2.75, 3.05) is 11.9 Å². The lowest BCUT2D eigenvalue weighted by Gasteiger charge is -2.28. The summed E-state index contributed by atoms with van der Waals surface area (Å²) in [6, 6.07) is 20.0. The molecular weight excluding hydrogens is 521 g/mol. The van der Waals surface area contributed by atoms with Crippen molar-refractivity contribution in [2.45, 2.75) is 52.6 Å². The van der Waals surface area contributed by atoms with Gasteiger partial charge in [-0.3, -0.25) is 9.78 Å². The largest absolute Gasteiger partial charge is 0.352 e. The van der Waals surface area contributed by atoms with E-state index in [4.69, 9.17) is 12.2 Å². The van der Waals surface area contributed by atoms with E-state index in [1.165, 1.54) is 28.9 Å². The second-order valence-corrected chi connectivity index (χ2v) is 10.6. The van der Waals surface area contributed by atoms with Crippen LogP contribution in [0.1, 0.15) is 59.2 Å². The van der Waals surface area contributed by atoms with Crippen LogP contribution >= 0.6 is 12.2 Å². The van der Waals surface area contributed by atoms with Gasteiger partial charge in [-0.15, -0.1) is 0 Å². The molecule has 0 bridgehead atoms. The number of carbonyl (C=O) groups is 1. The van der Waals surface area contributed by atoms with E-state index in [0.29, 0.717) is 17.3 Å². The number of pyridine rings is 1. The maximum Gasteiger partial charge on any atom is 0.226 e. The minimum atomic E-state index is -0.343. The van der Waals surface area contributed by atoms with Crippen molar-refractivity contribution in [3.8, 4) is 5.69 Å². The Labute approximate surface area is 240 Å². The summed E-state index contributed by atoms with van der Waals surface area (Å²) >= 11 is 5.83. The molecule has 206 valence electrons. The molecule has 1 fully saturated rings. The molecule has 4 aromatic rings. The van der Waals surface area contributed by atoms with Gasteiger partial charge in [0, 0.05) is 36.2 Å². The Kier molecular flexibility index (Phi) is 7.98. The highest BCUT2D eigenvalue weighted by Crippen LogP contribution is 2.42. The van der Waals surface area contributed by atoms with Gasteiger partial charge < -0.3 is 20.1 Å². The topological polar surface area (TPSA) is 62.2 Å². The molecule has 1 amide bonds. The molecule has 40 heavy (non-hydrogen) atoms. The Morgan fingerprint density at radius 1 is 1.07 bits per heavy atom. The number of carbonyl (C=O) groups excluding carboxylic acids is 1. The van der Waals surface area contributed by atoms with E-state index in [1.54, 1.807) is 18.3 Å². The highest BCUT2D eigenvalue weighted by atomic mass is 32.1. The lowest BCUT2D eigenvalue weighted by Crippen LogP contribution is -2.32. The number of hydrogen-bond donors (Lipinski definition) is 2. The van der Waals surface area contributed by atoms with E-state index in [-0.39, 0.29) is 30.2 Å². The predicted molar refractivity (Wildman–Crippen MR) is 161 cm³/mol. The van der Waals surface area contributed by atoms with Crippen molar-refractivity contribution < 1.29 is 9.18 Å². The predicted octanol–water partition coefficient (Wildman–Crippen LogP) is 6.50. The zero-order valence-corrected chi connectivity index (χ0v) is 24.1. The molecular formula is C32H34FN5OS. The zero-order valence-electron chi connectivity index (χ0n) is 23.2. The van der Waals surface area contributed by atoms with Crippen molar-refractivity contribution in [3.05, 3.63) is 113 Å². The maximum atomic E-state index is 13.3. The van der Waals surface area contributed by atoms with E-state index < -0.39 is 0 Å². The third kappa shape index (κ3) is 5.36. The first-order valence-electron chi connectivity index (χ1n) is 13.6. The fraction of sp³-hybridized carbons (Fsp3) is 0.281. The Morgan fingerprint density at radius 3 is 2.55 bits per heavy atom. The van der Waals surface area contributed by atoms with Crippen LogP contribution in [0, 0.1) is 26.6 Å². The lowest BCUT2D eigenvalue weighted by atomic mass is 9.96. The molecule has 1 aliphatic heterocycles. The molecule has 6 nitrogen and oxygen atoms in total. The number of anilines is 1. The van der Waals surface area contributed by atoms with Gasteiger partial charge in [-0.05, 0) is 98.6 Å². The summed E-state index contributed by atoms with van der Waals surface area (Å²) in [6.07, 6.45) is 2.95. The van der Waals surface area contributed by atoms with Gasteiger partial charge in [0.05, 0.1) is 23.5 Å². The minimum Gasteiger partial charge on any atom is -0.352 e. The number of hydrogen-bond acceptors (Lipinski definition) is 3. The third-order valence-electron chi connectivity index (χ3n) is 7.62. The third-order valence-corrected chi connectivity index (χ3v) is 7.97. The van der Waals surface area contributed by atoms with Gasteiger partial charge in [0.25, 0.3) is 0 Å². The Balaban J connectivity index is 1.50. The molecule has 5 rings (SSSR count). The first kappa shape index (κ1) is 27.5. The molecule has 0 aliphatic carbocycles. The number of benzene rings is 2. The number of rotatable bonds is 8. The van der Waals surface area contributed by atoms with Gasteiger partial charge >= 0.3 is 0 Å². The number of halogens is 1. The molecule has 0 radical (unpaired) electrons. The quantitative estimate of drug-likeness (QED) is 0.243. The number of amides is 1.